The monoisotopic (exact) mass is 304 g/mol. The molecule has 0 bridgehead atoms. The van der Waals surface area contributed by atoms with Gasteiger partial charge in [0.25, 0.3) is 5.91 Å². The number of carbonyl (C=O) groups excluding carboxylic acids is 2. The minimum atomic E-state index is -0.632. The highest BCUT2D eigenvalue weighted by atomic mass is 16.5. The zero-order valence-corrected chi connectivity index (χ0v) is 12.3. The molecule has 1 amide bonds. The summed E-state index contributed by atoms with van der Waals surface area (Å²) in [5.74, 6) is -0.527. The van der Waals surface area contributed by atoms with Gasteiger partial charge in [-0.25, -0.2) is 4.79 Å². The van der Waals surface area contributed by atoms with E-state index in [0.29, 0.717) is 18.1 Å². The maximum atomic E-state index is 12.0. The van der Waals surface area contributed by atoms with E-state index in [2.05, 4.69) is 10.5 Å². The van der Waals surface area contributed by atoms with Crippen molar-refractivity contribution >= 4 is 17.8 Å². The number of anilines is 1. The third kappa shape index (κ3) is 4.08. The van der Waals surface area contributed by atoms with Crippen LogP contribution in [0.25, 0.3) is 0 Å². The molecule has 1 aromatic carbocycles. The van der Waals surface area contributed by atoms with Crippen molar-refractivity contribution in [2.45, 2.75) is 13.8 Å². The van der Waals surface area contributed by atoms with Crippen molar-refractivity contribution < 1.29 is 23.6 Å². The van der Waals surface area contributed by atoms with Gasteiger partial charge in [-0.05, 0) is 26.0 Å². The minimum Gasteiger partial charge on any atom is -0.493 e. The predicted octanol–water partition coefficient (Wildman–Crippen LogP) is 2.18. The van der Waals surface area contributed by atoms with Gasteiger partial charge in [-0.2, -0.15) is 0 Å². The van der Waals surface area contributed by atoms with Crippen molar-refractivity contribution in [1.82, 2.24) is 5.16 Å². The first kappa shape index (κ1) is 15.6. The lowest BCUT2D eigenvalue weighted by Gasteiger charge is -2.09. The molecule has 22 heavy (non-hydrogen) atoms. The summed E-state index contributed by atoms with van der Waals surface area (Å²) in [5, 5.41) is 6.06. The molecule has 7 nitrogen and oxygen atoms in total. The van der Waals surface area contributed by atoms with E-state index in [1.54, 1.807) is 37.3 Å². The van der Waals surface area contributed by atoms with Gasteiger partial charge in [-0.15, -0.1) is 0 Å². The number of nitrogens with one attached hydrogen (secondary N) is 1. The number of hydrogen-bond donors (Lipinski definition) is 1. The van der Waals surface area contributed by atoms with Crippen molar-refractivity contribution in [3.63, 3.8) is 0 Å². The van der Waals surface area contributed by atoms with E-state index >= 15 is 0 Å². The Morgan fingerprint density at radius 2 is 2.09 bits per heavy atom. The van der Waals surface area contributed by atoms with Gasteiger partial charge in [0, 0.05) is 6.07 Å². The fourth-order valence-electron chi connectivity index (χ4n) is 1.72. The number of hydrogen-bond acceptors (Lipinski definition) is 6. The third-order valence-corrected chi connectivity index (χ3v) is 2.63. The van der Waals surface area contributed by atoms with Crippen LogP contribution in [-0.2, 0) is 9.53 Å². The summed E-state index contributed by atoms with van der Waals surface area (Å²) in [5.41, 5.74) is 0.908. The van der Waals surface area contributed by atoms with Crippen LogP contribution in [0.4, 0.5) is 5.88 Å². The van der Waals surface area contributed by atoms with Crippen molar-refractivity contribution in [2.24, 2.45) is 0 Å². The van der Waals surface area contributed by atoms with Crippen LogP contribution in [0.15, 0.2) is 34.9 Å². The highest BCUT2D eigenvalue weighted by Gasteiger charge is 2.15. The molecule has 0 radical (unpaired) electrons. The van der Waals surface area contributed by atoms with Crippen LogP contribution in [-0.4, -0.2) is 30.2 Å². The number of esters is 1. The molecule has 116 valence electrons. The first-order valence-corrected chi connectivity index (χ1v) is 6.72. The van der Waals surface area contributed by atoms with Gasteiger partial charge >= 0.3 is 5.97 Å². The van der Waals surface area contributed by atoms with Crippen LogP contribution in [0.2, 0.25) is 0 Å². The molecule has 0 atom stereocenters. The third-order valence-electron chi connectivity index (χ3n) is 2.63. The van der Waals surface area contributed by atoms with E-state index in [9.17, 15) is 9.59 Å². The summed E-state index contributed by atoms with van der Waals surface area (Å²) in [6.07, 6.45) is 0. The second-order valence-electron chi connectivity index (χ2n) is 4.39. The molecule has 0 aliphatic rings. The summed E-state index contributed by atoms with van der Waals surface area (Å²) in [6.45, 7) is 3.54. The quantitative estimate of drug-likeness (QED) is 0.823. The Morgan fingerprint density at radius 3 is 2.77 bits per heavy atom. The number of benzene rings is 1. The zero-order chi connectivity index (χ0) is 15.9. The molecule has 0 spiro atoms. The number of ether oxygens (including phenoxy) is 2. The Bertz CT molecular complexity index is 665. The number of aryl methyl sites for hydroxylation is 1. The molecule has 0 aliphatic carbocycles. The fourth-order valence-corrected chi connectivity index (χ4v) is 1.72. The van der Waals surface area contributed by atoms with E-state index in [1.807, 2.05) is 6.92 Å². The summed E-state index contributed by atoms with van der Waals surface area (Å²) < 4.78 is 15.1. The molecular weight excluding hydrogens is 288 g/mol. The summed E-state index contributed by atoms with van der Waals surface area (Å²) >= 11 is 0. The molecule has 1 aromatic heterocycles. The number of aromatic nitrogens is 1. The lowest BCUT2D eigenvalue weighted by Crippen LogP contribution is -2.21. The van der Waals surface area contributed by atoms with Crippen LogP contribution >= 0.6 is 0 Å². The second-order valence-corrected chi connectivity index (χ2v) is 4.39. The first-order chi connectivity index (χ1) is 10.6. The molecule has 0 unspecified atom stereocenters. The average Bonchev–Trinajstić information content (AvgIpc) is 2.91. The van der Waals surface area contributed by atoms with E-state index in [-0.39, 0.29) is 11.4 Å². The number of rotatable bonds is 6. The number of amides is 1. The van der Waals surface area contributed by atoms with Crippen molar-refractivity contribution in [1.29, 1.82) is 0 Å². The maximum Gasteiger partial charge on any atom is 0.342 e. The molecule has 1 heterocycles. The van der Waals surface area contributed by atoms with Crippen LogP contribution in [0.1, 0.15) is 23.0 Å². The second kappa shape index (κ2) is 7.26. The number of carbonyl (C=O) groups is 2. The van der Waals surface area contributed by atoms with Crippen molar-refractivity contribution in [2.75, 3.05) is 18.5 Å². The van der Waals surface area contributed by atoms with E-state index in [0.717, 1.165) is 0 Å². The molecule has 0 saturated carbocycles. The van der Waals surface area contributed by atoms with E-state index in [1.165, 1.54) is 0 Å². The summed E-state index contributed by atoms with van der Waals surface area (Å²) in [7, 11) is 0. The Labute approximate surface area is 127 Å². The lowest BCUT2D eigenvalue weighted by atomic mass is 10.2. The Balaban J connectivity index is 1.91. The van der Waals surface area contributed by atoms with Crippen molar-refractivity contribution in [3.05, 3.63) is 41.6 Å². The Kier molecular flexibility index (Phi) is 5.13. The normalized spacial score (nSPS) is 10.1. The van der Waals surface area contributed by atoms with Gasteiger partial charge in [0.15, 0.2) is 6.61 Å². The van der Waals surface area contributed by atoms with Gasteiger partial charge in [-0.1, -0.05) is 17.3 Å². The molecule has 7 heteroatoms. The maximum absolute atomic E-state index is 12.0. The van der Waals surface area contributed by atoms with Gasteiger partial charge < -0.3 is 14.0 Å². The topological polar surface area (TPSA) is 90.7 Å². The van der Waals surface area contributed by atoms with Crippen LogP contribution in [0.5, 0.6) is 5.75 Å². The standard InChI is InChI=1S/C15H16N2O5/c1-3-20-12-7-5-4-6-11(12)15(19)21-9-13(18)16-14-8-10(2)17-22-14/h4-8H,3,9H2,1-2H3,(H,16,18). The SMILES string of the molecule is CCOc1ccccc1C(=O)OCC(=O)Nc1cc(C)no1. The Hall–Kier alpha value is -2.83. The van der Waals surface area contributed by atoms with Crippen LogP contribution in [0, 0.1) is 6.92 Å². The van der Waals surface area contributed by atoms with Gasteiger partial charge in [0.1, 0.15) is 11.3 Å². The highest BCUT2D eigenvalue weighted by molar-refractivity contribution is 5.96. The van der Waals surface area contributed by atoms with Gasteiger partial charge in [-0.3, -0.25) is 10.1 Å². The predicted molar refractivity (Wildman–Crippen MR) is 77.8 cm³/mol. The molecule has 2 aromatic rings. The molecule has 0 saturated heterocycles. The largest absolute Gasteiger partial charge is 0.493 e. The summed E-state index contributed by atoms with van der Waals surface area (Å²) in [6, 6.07) is 8.24. The number of nitrogens with zero attached hydrogens (tertiary/aromatic N) is 1. The average molecular weight is 304 g/mol. The first-order valence-electron chi connectivity index (χ1n) is 6.72. The molecule has 0 aliphatic heterocycles. The smallest absolute Gasteiger partial charge is 0.342 e. The summed E-state index contributed by atoms with van der Waals surface area (Å²) in [4.78, 5) is 23.6. The van der Waals surface area contributed by atoms with Crippen molar-refractivity contribution in [3.8, 4) is 5.75 Å². The fraction of sp³-hybridized carbons (Fsp3) is 0.267. The van der Waals surface area contributed by atoms with E-state index < -0.39 is 18.5 Å². The van der Waals surface area contributed by atoms with Crippen LogP contribution in [0.3, 0.4) is 0 Å². The Morgan fingerprint density at radius 1 is 1.32 bits per heavy atom. The molecule has 1 N–H and O–H groups in total. The van der Waals surface area contributed by atoms with E-state index in [4.69, 9.17) is 14.0 Å². The lowest BCUT2D eigenvalue weighted by molar-refractivity contribution is -0.119. The zero-order valence-electron chi connectivity index (χ0n) is 12.3. The minimum absolute atomic E-state index is 0.202. The molecule has 2 rings (SSSR count). The van der Waals surface area contributed by atoms with Crippen LogP contribution < -0.4 is 10.1 Å². The molecular formula is C15H16N2O5. The highest BCUT2D eigenvalue weighted by Crippen LogP contribution is 2.18. The van der Waals surface area contributed by atoms with Gasteiger partial charge in [0.2, 0.25) is 5.88 Å². The van der Waals surface area contributed by atoms with Gasteiger partial charge in [0.05, 0.1) is 12.3 Å². The number of para-hydroxylation sites is 1. The molecule has 0 fully saturated rings.